The lowest BCUT2D eigenvalue weighted by molar-refractivity contribution is 0.661. The molecule has 0 saturated heterocycles. The van der Waals surface area contributed by atoms with Gasteiger partial charge in [-0.2, -0.15) is 5.10 Å². The lowest BCUT2D eigenvalue weighted by Crippen LogP contribution is -2.04. The second-order valence-electron chi connectivity index (χ2n) is 4.46. The molecule has 104 valence electrons. The normalized spacial score (nSPS) is 11.4. The molecule has 0 aliphatic heterocycles. The first kappa shape index (κ1) is 14.0. The van der Waals surface area contributed by atoms with Crippen LogP contribution >= 0.6 is 44.1 Å². The summed E-state index contributed by atoms with van der Waals surface area (Å²) in [6.07, 6.45) is 0. The van der Waals surface area contributed by atoms with Crippen molar-refractivity contribution < 1.29 is 0 Å². The largest absolute Gasteiger partial charge is 0.327 e. The molecule has 2 heterocycles. The number of hydrogen-bond donors (Lipinski definition) is 1. The van der Waals surface area contributed by atoms with E-state index in [2.05, 4.69) is 48.9 Å². The zero-order valence-corrected chi connectivity index (χ0v) is 14.9. The summed E-state index contributed by atoms with van der Waals surface area (Å²) in [6, 6.07) is 6.03. The quantitative estimate of drug-likeness (QED) is 0.614. The fraction of sp³-hybridized carbons (Fsp3) is 0.231. The number of fused-ring (bicyclic) bond motifs is 1. The molecule has 0 amide bonds. The number of aromatic nitrogens is 4. The Bertz CT molecular complexity index is 859. The Hall–Kier alpha value is -0.920. The Morgan fingerprint density at radius 1 is 1.35 bits per heavy atom. The molecule has 0 saturated carbocycles. The van der Waals surface area contributed by atoms with E-state index in [1.165, 1.54) is 0 Å². The van der Waals surface area contributed by atoms with Gasteiger partial charge in [-0.15, -0.1) is 0 Å². The topological polar surface area (TPSA) is 38.5 Å². The zero-order chi connectivity index (χ0) is 14.4. The van der Waals surface area contributed by atoms with Crippen molar-refractivity contribution in [2.45, 2.75) is 20.4 Å². The molecule has 20 heavy (non-hydrogen) atoms. The average Bonchev–Trinajstić information content (AvgIpc) is 2.90. The average molecular weight is 416 g/mol. The molecule has 0 spiro atoms. The monoisotopic (exact) mass is 414 g/mol. The second-order valence-corrected chi connectivity index (χ2v) is 6.62. The van der Waals surface area contributed by atoms with Crippen molar-refractivity contribution in [2.75, 3.05) is 0 Å². The molecule has 1 aromatic carbocycles. The van der Waals surface area contributed by atoms with Crippen LogP contribution in [0.15, 0.2) is 27.1 Å². The van der Waals surface area contributed by atoms with Crippen LogP contribution in [0.3, 0.4) is 0 Å². The van der Waals surface area contributed by atoms with Crippen LogP contribution in [0.25, 0.3) is 16.9 Å². The second kappa shape index (κ2) is 5.13. The van der Waals surface area contributed by atoms with Gasteiger partial charge in [0.15, 0.2) is 10.4 Å². The first-order chi connectivity index (χ1) is 9.52. The molecule has 0 aliphatic rings. The van der Waals surface area contributed by atoms with Gasteiger partial charge >= 0.3 is 0 Å². The summed E-state index contributed by atoms with van der Waals surface area (Å²) < 4.78 is 6.64. The Labute approximate surface area is 138 Å². The molecule has 0 fully saturated rings. The molecule has 0 bridgehead atoms. The van der Waals surface area contributed by atoms with Gasteiger partial charge in [0, 0.05) is 15.5 Å². The number of nitrogens with zero attached hydrogens (tertiary/aromatic N) is 3. The fourth-order valence-corrected chi connectivity index (χ4v) is 3.36. The van der Waals surface area contributed by atoms with Gasteiger partial charge < -0.3 is 4.98 Å². The maximum Gasteiger partial charge on any atom is 0.184 e. The van der Waals surface area contributed by atoms with E-state index in [0.717, 1.165) is 38.0 Å². The van der Waals surface area contributed by atoms with Crippen LogP contribution in [0.1, 0.15) is 12.6 Å². The lowest BCUT2D eigenvalue weighted by Gasteiger charge is -2.09. The smallest absolute Gasteiger partial charge is 0.184 e. The minimum absolute atomic E-state index is 0.668. The van der Waals surface area contributed by atoms with Crippen molar-refractivity contribution in [1.82, 2.24) is 19.3 Å². The molecule has 0 radical (unpaired) electrons. The highest BCUT2D eigenvalue weighted by Gasteiger charge is 2.16. The summed E-state index contributed by atoms with van der Waals surface area (Å²) in [5, 5.41) is 4.54. The van der Waals surface area contributed by atoms with Crippen molar-refractivity contribution in [3.05, 3.63) is 37.6 Å². The van der Waals surface area contributed by atoms with Crippen LogP contribution in [-0.2, 0) is 6.54 Å². The predicted molar refractivity (Wildman–Crippen MR) is 90.1 cm³/mol. The summed E-state index contributed by atoms with van der Waals surface area (Å²) in [5.41, 5.74) is 3.93. The van der Waals surface area contributed by atoms with Crippen LogP contribution in [-0.4, -0.2) is 19.3 Å². The number of aryl methyl sites for hydroxylation is 2. The standard InChI is InChI=1S/C13H12Br2N4S/c1-3-18-12-11(7(2)17-18)16-13(20)19(12)10-6-8(14)4-5-9(10)15/h4-6H,3H2,1-2H3,(H,16,20). The SMILES string of the molecule is CCn1nc(C)c2[nH]c(=S)n(-c3cc(Br)ccc3Br)c21. The predicted octanol–water partition coefficient (Wildman–Crippen LogP) is 4.74. The van der Waals surface area contributed by atoms with Crippen LogP contribution in [0, 0.1) is 11.7 Å². The maximum atomic E-state index is 5.49. The molecule has 3 rings (SSSR count). The summed E-state index contributed by atoms with van der Waals surface area (Å²) in [4.78, 5) is 3.25. The minimum Gasteiger partial charge on any atom is -0.327 e. The number of rotatable bonds is 2. The first-order valence-corrected chi connectivity index (χ1v) is 8.16. The van der Waals surface area contributed by atoms with E-state index in [1.54, 1.807) is 0 Å². The number of imidazole rings is 1. The molecule has 7 heteroatoms. The third-order valence-electron chi connectivity index (χ3n) is 3.20. The van der Waals surface area contributed by atoms with E-state index >= 15 is 0 Å². The maximum absolute atomic E-state index is 5.49. The minimum atomic E-state index is 0.668. The third-order valence-corrected chi connectivity index (χ3v) is 4.64. The van der Waals surface area contributed by atoms with Gasteiger partial charge in [0.1, 0.15) is 5.52 Å². The summed E-state index contributed by atoms with van der Waals surface area (Å²) >= 11 is 12.6. The summed E-state index contributed by atoms with van der Waals surface area (Å²) in [5.74, 6) is 0. The Balaban J connectivity index is 2.44. The number of benzene rings is 1. The number of H-pyrrole nitrogens is 1. The molecule has 0 atom stereocenters. The van der Waals surface area contributed by atoms with Crippen LogP contribution in [0.5, 0.6) is 0 Å². The van der Waals surface area contributed by atoms with Crippen LogP contribution in [0.4, 0.5) is 0 Å². The molecule has 3 aromatic rings. The summed E-state index contributed by atoms with van der Waals surface area (Å²) in [6.45, 7) is 4.85. The number of nitrogens with one attached hydrogen (secondary N) is 1. The van der Waals surface area contributed by atoms with Gasteiger partial charge in [0.05, 0.1) is 11.4 Å². The first-order valence-electron chi connectivity index (χ1n) is 6.16. The molecule has 0 unspecified atom stereocenters. The molecule has 1 N–H and O–H groups in total. The molecule has 0 aliphatic carbocycles. The van der Waals surface area contributed by atoms with Gasteiger partial charge in [0.2, 0.25) is 0 Å². The highest BCUT2D eigenvalue weighted by atomic mass is 79.9. The van der Waals surface area contributed by atoms with Gasteiger partial charge in [-0.3, -0.25) is 4.57 Å². The van der Waals surface area contributed by atoms with Gasteiger partial charge in [0.25, 0.3) is 0 Å². The number of halogens is 2. The van der Waals surface area contributed by atoms with Crippen molar-refractivity contribution in [1.29, 1.82) is 0 Å². The number of aromatic amines is 1. The molecule has 2 aromatic heterocycles. The highest BCUT2D eigenvalue weighted by molar-refractivity contribution is 9.11. The molecular formula is C13H12Br2N4S. The van der Waals surface area contributed by atoms with Crippen molar-refractivity contribution in [2.24, 2.45) is 0 Å². The van der Waals surface area contributed by atoms with E-state index < -0.39 is 0 Å². The summed E-state index contributed by atoms with van der Waals surface area (Å²) in [7, 11) is 0. The van der Waals surface area contributed by atoms with E-state index in [1.807, 2.05) is 34.4 Å². The third kappa shape index (κ3) is 2.08. The Morgan fingerprint density at radius 2 is 2.10 bits per heavy atom. The molecule has 4 nitrogen and oxygen atoms in total. The van der Waals surface area contributed by atoms with Gasteiger partial charge in [-0.1, -0.05) is 15.9 Å². The van der Waals surface area contributed by atoms with Crippen LogP contribution in [0.2, 0.25) is 0 Å². The van der Waals surface area contributed by atoms with Gasteiger partial charge in [-0.05, 0) is 60.2 Å². The van der Waals surface area contributed by atoms with Crippen molar-refractivity contribution in [3.8, 4) is 5.69 Å². The molecular weight excluding hydrogens is 404 g/mol. The van der Waals surface area contributed by atoms with Gasteiger partial charge in [-0.25, -0.2) is 4.68 Å². The lowest BCUT2D eigenvalue weighted by atomic mass is 10.3. The number of hydrogen-bond acceptors (Lipinski definition) is 2. The van der Waals surface area contributed by atoms with Crippen molar-refractivity contribution >= 4 is 55.2 Å². The van der Waals surface area contributed by atoms with E-state index in [9.17, 15) is 0 Å². The van der Waals surface area contributed by atoms with E-state index in [0.29, 0.717) is 4.77 Å². The highest BCUT2D eigenvalue weighted by Crippen LogP contribution is 2.29. The zero-order valence-electron chi connectivity index (χ0n) is 10.9. The van der Waals surface area contributed by atoms with Crippen LogP contribution < -0.4 is 0 Å². The Morgan fingerprint density at radius 3 is 2.80 bits per heavy atom. The fourth-order valence-electron chi connectivity index (χ4n) is 2.30. The van der Waals surface area contributed by atoms with E-state index in [-0.39, 0.29) is 0 Å². The Kier molecular flexibility index (Phi) is 3.60. The van der Waals surface area contributed by atoms with Crippen molar-refractivity contribution in [3.63, 3.8) is 0 Å². The van der Waals surface area contributed by atoms with E-state index in [4.69, 9.17) is 12.2 Å².